The third kappa shape index (κ3) is 5.02. The number of nitrogens with zero attached hydrogens (tertiary/aromatic N) is 1. The Kier molecular flexibility index (Phi) is 5.09. The van der Waals surface area contributed by atoms with Gasteiger partial charge in [-0.05, 0) is 30.7 Å². The zero-order chi connectivity index (χ0) is 15.2. The lowest BCUT2D eigenvalue weighted by atomic mass is 10.0. The van der Waals surface area contributed by atoms with E-state index >= 15 is 0 Å². The highest BCUT2D eigenvalue weighted by Crippen LogP contribution is 2.18. The van der Waals surface area contributed by atoms with Crippen molar-refractivity contribution in [1.82, 2.24) is 10.7 Å². The molecule has 1 aliphatic rings. The first-order valence-corrected chi connectivity index (χ1v) is 7.29. The number of nitrogens with one attached hydrogen (secondary N) is 2. The molecule has 0 unspecified atom stereocenters. The Hall–Kier alpha value is -2.17. The van der Waals surface area contributed by atoms with Gasteiger partial charge in [0.15, 0.2) is 0 Å². The maximum Gasteiger partial charge on any atom is 0.329 e. The minimum Gasteiger partial charge on any atom is -0.345 e. The second-order valence-electron chi connectivity index (χ2n) is 5.71. The van der Waals surface area contributed by atoms with Gasteiger partial charge >= 0.3 is 11.8 Å². The Morgan fingerprint density at radius 3 is 2.43 bits per heavy atom. The van der Waals surface area contributed by atoms with Crippen LogP contribution in [0.25, 0.3) is 0 Å². The Morgan fingerprint density at radius 1 is 1.19 bits per heavy atom. The van der Waals surface area contributed by atoms with E-state index in [1.54, 1.807) is 0 Å². The van der Waals surface area contributed by atoms with Gasteiger partial charge in [0.25, 0.3) is 0 Å². The maximum atomic E-state index is 11.7. The van der Waals surface area contributed by atoms with Gasteiger partial charge in [-0.2, -0.15) is 5.10 Å². The number of carbonyl (C=O) groups excluding carboxylic acids is 2. The van der Waals surface area contributed by atoms with Crippen LogP contribution in [0.15, 0.2) is 35.4 Å². The number of benzene rings is 1. The minimum absolute atomic E-state index is 0.163. The number of hydrogen-bond donors (Lipinski definition) is 2. The molecule has 2 N–H and O–H groups in total. The maximum absolute atomic E-state index is 11.7. The summed E-state index contributed by atoms with van der Waals surface area (Å²) in [5.41, 5.74) is 4.09. The summed E-state index contributed by atoms with van der Waals surface area (Å²) in [5.74, 6) is -0.918. The Morgan fingerprint density at radius 2 is 1.86 bits per heavy atom. The molecule has 5 heteroatoms. The minimum atomic E-state index is -0.709. The summed E-state index contributed by atoms with van der Waals surface area (Å²) in [4.78, 5) is 23.3. The molecule has 1 saturated carbocycles. The lowest BCUT2D eigenvalue weighted by Gasteiger charge is -2.10. The molecule has 112 valence electrons. The van der Waals surface area contributed by atoms with E-state index in [2.05, 4.69) is 29.7 Å². The lowest BCUT2D eigenvalue weighted by molar-refractivity contribution is -0.139. The van der Waals surface area contributed by atoms with E-state index in [4.69, 9.17) is 0 Å². The highest BCUT2D eigenvalue weighted by Gasteiger charge is 2.26. The number of amides is 2. The molecule has 0 atom stereocenters. The van der Waals surface area contributed by atoms with Crippen molar-refractivity contribution in [1.29, 1.82) is 0 Å². The highest BCUT2D eigenvalue weighted by atomic mass is 16.2. The van der Waals surface area contributed by atoms with Crippen molar-refractivity contribution >= 4 is 17.5 Å². The summed E-state index contributed by atoms with van der Waals surface area (Å²) in [6, 6.07) is 9.82. The summed E-state index contributed by atoms with van der Waals surface area (Å²) in [6.45, 7) is 4.17. The van der Waals surface area contributed by atoms with Crippen LogP contribution in [0, 0.1) is 5.92 Å². The second-order valence-corrected chi connectivity index (χ2v) is 5.71. The predicted octanol–water partition coefficient (Wildman–Crippen LogP) is 1.83. The molecule has 0 aromatic heterocycles. The van der Waals surface area contributed by atoms with Crippen LogP contribution in [0.3, 0.4) is 0 Å². The monoisotopic (exact) mass is 287 g/mol. The van der Waals surface area contributed by atoms with Crippen LogP contribution < -0.4 is 10.7 Å². The summed E-state index contributed by atoms with van der Waals surface area (Å²) in [6.07, 6.45) is 2.63. The average molecular weight is 287 g/mol. The molecule has 0 bridgehead atoms. The molecule has 0 saturated heterocycles. The van der Waals surface area contributed by atoms with Gasteiger partial charge in [0.05, 0.1) is 5.71 Å². The average Bonchev–Trinajstić information content (AvgIpc) is 3.27. The molecule has 21 heavy (non-hydrogen) atoms. The summed E-state index contributed by atoms with van der Waals surface area (Å²) >= 11 is 0. The molecule has 1 aromatic rings. The number of hydrogen-bond acceptors (Lipinski definition) is 3. The van der Waals surface area contributed by atoms with E-state index in [1.165, 1.54) is 0 Å². The number of rotatable bonds is 5. The second kappa shape index (κ2) is 7.02. The summed E-state index contributed by atoms with van der Waals surface area (Å²) in [7, 11) is 0. The molecule has 0 heterocycles. The van der Waals surface area contributed by atoms with Crippen LogP contribution in [0.4, 0.5) is 0 Å². The first-order chi connectivity index (χ1) is 10.1. The van der Waals surface area contributed by atoms with Gasteiger partial charge in [0, 0.05) is 6.04 Å². The zero-order valence-corrected chi connectivity index (χ0v) is 12.4. The van der Waals surface area contributed by atoms with Crippen LogP contribution in [-0.4, -0.2) is 23.6 Å². The fraction of sp³-hybridized carbons (Fsp3) is 0.438. The Balaban J connectivity index is 2.02. The molecule has 1 aromatic carbocycles. The van der Waals surface area contributed by atoms with Crippen molar-refractivity contribution in [2.75, 3.05) is 0 Å². The van der Waals surface area contributed by atoms with Gasteiger partial charge in [0.1, 0.15) is 0 Å². The molecule has 0 spiro atoms. The van der Waals surface area contributed by atoms with E-state index in [0.717, 1.165) is 30.5 Å². The van der Waals surface area contributed by atoms with Gasteiger partial charge in [0.2, 0.25) is 0 Å². The molecule has 0 radical (unpaired) electrons. The SMILES string of the molecule is CC(C)C/C(=N/NC(=O)C(=O)NC1CC1)c1ccccc1. The fourth-order valence-corrected chi connectivity index (χ4v) is 1.89. The standard InChI is InChI=1S/C16H21N3O2/c1-11(2)10-14(12-6-4-3-5-7-12)18-19-16(21)15(20)17-13-8-9-13/h3-7,11,13H,8-10H2,1-2H3,(H,17,20)(H,19,21)/b18-14-. The third-order valence-corrected chi connectivity index (χ3v) is 3.12. The van der Waals surface area contributed by atoms with Crippen LogP contribution in [0.5, 0.6) is 0 Å². The molecular formula is C16H21N3O2. The first kappa shape index (κ1) is 15.2. The Labute approximate surface area is 124 Å². The molecule has 0 aliphatic heterocycles. The number of carbonyl (C=O) groups is 2. The van der Waals surface area contributed by atoms with Crippen LogP contribution in [0.1, 0.15) is 38.7 Å². The van der Waals surface area contributed by atoms with E-state index in [1.807, 2.05) is 30.3 Å². The molecule has 1 fully saturated rings. The van der Waals surface area contributed by atoms with Crippen LogP contribution in [0.2, 0.25) is 0 Å². The summed E-state index contributed by atoms with van der Waals surface area (Å²) < 4.78 is 0. The first-order valence-electron chi connectivity index (χ1n) is 7.29. The highest BCUT2D eigenvalue weighted by molar-refractivity contribution is 6.35. The van der Waals surface area contributed by atoms with Crippen molar-refractivity contribution < 1.29 is 9.59 Å². The largest absolute Gasteiger partial charge is 0.345 e. The number of hydrazone groups is 1. The van der Waals surface area contributed by atoms with Crippen LogP contribution >= 0.6 is 0 Å². The van der Waals surface area contributed by atoms with Crippen molar-refractivity contribution in [3.05, 3.63) is 35.9 Å². The molecular weight excluding hydrogens is 266 g/mol. The molecule has 2 amide bonds. The van der Waals surface area contributed by atoms with Gasteiger partial charge in [-0.1, -0.05) is 44.2 Å². The van der Waals surface area contributed by atoms with E-state index in [9.17, 15) is 9.59 Å². The van der Waals surface area contributed by atoms with Gasteiger partial charge in [-0.25, -0.2) is 5.43 Å². The van der Waals surface area contributed by atoms with Crippen LogP contribution in [-0.2, 0) is 9.59 Å². The predicted molar refractivity (Wildman–Crippen MR) is 81.7 cm³/mol. The van der Waals surface area contributed by atoms with Crippen molar-refractivity contribution in [3.63, 3.8) is 0 Å². The summed E-state index contributed by atoms with van der Waals surface area (Å²) in [5, 5.41) is 6.78. The fourth-order valence-electron chi connectivity index (χ4n) is 1.89. The van der Waals surface area contributed by atoms with Gasteiger partial charge in [-0.15, -0.1) is 0 Å². The van der Waals surface area contributed by atoms with Gasteiger partial charge in [-0.3, -0.25) is 9.59 Å². The topological polar surface area (TPSA) is 70.6 Å². The zero-order valence-electron chi connectivity index (χ0n) is 12.4. The smallest absolute Gasteiger partial charge is 0.329 e. The van der Waals surface area contributed by atoms with E-state index in [-0.39, 0.29) is 6.04 Å². The van der Waals surface area contributed by atoms with E-state index < -0.39 is 11.8 Å². The quantitative estimate of drug-likeness (QED) is 0.493. The van der Waals surface area contributed by atoms with Crippen molar-refractivity contribution in [3.8, 4) is 0 Å². The molecule has 1 aliphatic carbocycles. The van der Waals surface area contributed by atoms with Crippen molar-refractivity contribution in [2.45, 2.75) is 39.2 Å². The van der Waals surface area contributed by atoms with Crippen molar-refractivity contribution in [2.24, 2.45) is 11.0 Å². The Bertz CT molecular complexity index is 534. The third-order valence-electron chi connectivity index (χ3n) is 3.12. The van der Waals surface area contributed by atoms with Gasteiger partial charge < -0.3 is 5.32 Å². The van der Waals surface area contributed by atoms with E-state index in [0.29, 0.717) is 5.92 Å². The molecule has 5 nitrogen and oxygen atoms in total. The normalized spacial score (nSPS) is 14.9. The lowest BCUT2D eigenvalue weighted by Crippen LogP contribution is -2.39. The molecule has 2 rings (SSSR count).